The van der Waals surface area contributed by atoms with Crippen LogP contribution in [0.2, 0.25) is 0 Å². The number of carboxylic acid groups (broad SMARTS) is 1. The number of aromatic nitrogens is 2. The van der Waals surface area contributed by atoms with Crippen LogP contribution in [0.1, 0.15) is 41.1 Å². The van der Waals surface area contributed by atoms with E-state index in [2.05, 4.69) is 25.3 Å². The Kier molecular flexibility index (Phi) is 11.2. The van der Waals surface area contributed by atoms with Crippen molar-refractivity contribution in [3.8, 4) is 11.8 Å². The Morgan fingerprint density at radius 2 is 1.64 bits per heavy atom. The number of methoxy groups -OCH3 is 1. The van der Waals surface area contributed by atoms with Crippen LogP contribution in [0.3, 0.4) is 0 Å². The van der Waals surface area contributed by atoms with Gasteiger partial charge in [0.05, 0.1) is 29.9 Å². The standard InChI is InChI=1S/C28H29F3N4O3.C2HF3O2/c1-20-33-17-24(35(20)18-22-8-6-21(16-32)7-9-22)19-34-12-10-27(11-13-34,26(36)37-2)15-23-4-3-5-25(14-23)38-28(29,30)31;3-2(4,5)1(6)7/h3-9,14,17H,10-13,15,18-19H2,1-2H3;(H,6,7). The minimum absolute atomic E-state index is 0.262. The highest BCUT2D eigenvalue weighted by Crippen LogP contribution is 2.38. The van der Waals surface area contributed by atoms with Crippen molar-refractivity contribution in [1.29, 1.82) is 5.26 Å². The number of carbonyl (C=O) groups excluding carboxylic acids is 1. The van der Waals surface area contributed by atoms with Crippen LogP contribution in [-0.4, -0.2) is 64.2 Å². The van der Waals surface area contributed by atoms with Crippen LogP contribution in [0.5, 0.6) is 5.75 Å². The molecule has 1 saturated heterocycles. The molecule has 1 fully saturated rings. The van der Waals surface area contributed by atoms with E-state index in [1.165, 1.54) is 25.3 Å². The highest BCUT2D eigenvalue weighted by molar-refractivity contribution is 5.77. The Bertz CT molecular complexity index is 1500. The average molecular weight is 641 g/mol. The van der Waals surface area contributed by atoms with Crippen LogP contribution in [0.15, 0.2) is 54.7 Å². The number of benzene rings is 2. The van der Waals surface area contributed by atoms with Crippen molar-refractivity contribution in [2.45, 2.75) is 51.8 Å². The Hall–Kier alpha value is -4.58. The van der Waals surface area contributed by atoms with Crippen LogP contribution in [-0.2, 0) is 33.8 Å². The van der Waals surface area contributed by atoms with Gasteiger partial charge in [0, 0.05) is 19.3 Å². The molecule has 1 aliphatic heterocycles. The van der Waals surface area contributed by atoms with E-state index < -0.39 is 23.9 Å². The van der Waals surface area contributed by atoms with Gasteiger partial charge in [-0.3, -0.25) is 9.69 Å². The molecule has 0 saturated carbocycles. The van der Waals surface area contributed by atoms with Crippen molar-refractivity contribution >= 4 is 11.9 Å². The molecule has 1 aromatic heterocycles. The number of hydrogen-bond donors (Lipinski definition) is 1. The first kappa shape index (κ1) is 34.9. The van der Waals surface area contributed by atoms with Gasteiger partial charge in [-0.05, 0) is 74.7 Å². The summed E-state index contributed by atoms with van der Waals surface area (Å²) >= 11 is 0. The molecule has 9 nitrogen and oxygen atoms in total. The number of aryl methyl sites for hydroxylation is 1. The summed E-state index contributed by atoms with van der Waals surface area (Å²) in [5.41, 5.74) is 2.46. The summed E-state index contributed by atoms with van der Waals surface area (Å²) in [6.07, 6.45) is -6.74. The van der Waals surface area contributed by atoms with E-state index in [1.54, 1.807) is 18.2 Å². The lowest BCUT2D eigenvalue weighted by Gasteiger charge is -2.40. The van der Waals surface area contributed by atoms with Gasteiger partial charge in [0.25, 0.3) is 0 Å². The molecule has 0 radical (unpaired) electrons. The molecule has 0 atom stereocenters. The quantitative estimate of drug-likeness (QED) is 0.248. The molecule has 242 valence electrons. The fourth-order valence-electron chi connectivity index (χ4n) is 5.01. The monoisotopic (exact) mass is 640 g/mol. The second-order valence-electron chi connectivity index (χ2n) is 10.4. The largest absolute Gasteiger partial charge is 0.573 e. The molecule has 2 aromatic carbocycles. The van der Waals surface area contributed by atoms with Gasteiger partial charge in [0.2, 0.25) is 0 Å². The minimum Gasteiger partial charge on any atom is -0.475 e. The van der Waals surface area contributed by atoms with Crippen molar-refractivity contribution in [1.82, 2.24) is 14.5 Å². The molecule has 2 heterocycles. The summed E-state index contributed by atoms with van der Waals surface area (Å²) in [5, 5.41) is 16.2. The van der Waals surface area contributed by atoms with E-state index in [0.29, 0.717) is 50.1 Å². The Balaban J connectivity index is 0.000000707. The Labute approximate surface area is 254 Å². The Morgan fingerprint density at radius 3 is 2.18 bits per heavy atom. The molecule has 45 heavy (non-hydrogen) atoms. The first-order valence-electron chi connectivity index (χ1n) is 13.5. The zero-order valence-electron chi connectivity index (χ0n) is 24.3. The van der Waals surface area contributed by atoms with E-state index in [9.17, 15) is 31.1 Å². The number of carboxylic acids is 1. The number of nitrogens with zero attached hydrogens (tertiary/aromatic N) is 4. The van der Waals surface area contributed by atoms with Gasteiger partial charge < -0.3 is 19.1 Å². The summed E-state index contributed by atoms with van der Waals surface area (Å²) in [4.78, 5) is 28.5. The number of nitriles is 1. The molecular weight excluding hydrogens is 610 g/mol. The topological polar surface area (TPSA) is 118 Å². The predicted octanol–water partition coefficient (Wildman–Crippen LogP) is 5.64. The van der Waals surface area contributed by atoms with Gasteiger partial charge in [-0.15, -0.1) is 13.2 Å². The highest BCUT2D eigenvalue weighted by Gasteiger charge is 2.43. The van der Waals surface area contributed by atoms with Gasteiger partial charge in [-0.2, -0.15) is 18.4 Å². The molecule has 1 aliphatic rings. The Morgan fingerprint density at radius 1 is 1.02 bits per heavy atom. The molecule has 0 bridgehead atoms. The number of halogens is 6. The molecule has 1 N–H and O–H groups in total. The normalized spacial score (nSPS) is 14.9. The molecule has 0 aliphatic carbocycles. The van der Waals surface area contributed by atoms with Crippen molar-refractivity contribution < 1.29 is 50.5 Å². The first-order valence-corrected chi connectivity index (χ1v) is 13.5. The number of alkyl halides is 6. The molecule has 0 unspecified atom stereocenters. The molecule has 4 rings (SSSR count). The number of hydrogen-bond acceptors (Lipinski definition) is 7. The number of aliphatic carboxylic acids is 1. The molecule has 3 aromatic rings. The SMILES string of the molecule is COC(=O)C1(Cc2cccc(OC(F)(F)F)c2)CCN(Cc2cnc(C)n2Cc2ccc(C#N)cc2)CC1.O=C(O)C(F)(F)F. The third-order valence-electron chi connectivity index (χ3n) is 7.30. The van der Waals surface area contributed by atoms with E-state index >= 15 is 0 Å². The fraction of sp³-hybridized carbons (Fsp3) is 0.400. The number of likely N-dealkylation sites (tertiary alicyclic amines) is 1. The lowest BCUT2D eigenvalue weighted by molar-refractivity contribution is -0.274. The lowest BCUT2D eigenvalue weighted by Crippen LogP contribution is -2.46. The van der Waals surface area contributed by atoms with Gasteiger partial charge in [0.1, 0.15) is 11.6 Å². The predicted molar refractivity (Wildman–Crippen MR) is 147 cm³/mol. The van der Waals surface area contributed by atoms with Crippen molar-refractivity contribution in [3.63, 3.8) is 0 Å². The maximum atomic E-state index is 12.9. The van der Waals surface area contributed by atoms with Crippen LogP contribution < -0.4 is 4.74 Å². The van der Waals surface area contributed by atoms with Gasteiger partial charge in [0.15, 0.2) is 0 Å². The zero-order chi connectivity index (χ0) is 33.4. The zero-order valence-corrected chi connectivity index (χ0v) is 24.3. The van der Waals surface area contributed by atoms with Crippen molar-refractivity contribution in [2.75, 3.05) is 20.2 Å². The summed E-state index contributed by atoms with van der Waals surface area (Å²) < 4.78 is 81.1. The van der Waals surface area contributed by atoms with Crippen LogP contribution in [0, 0.1) is 23.7 Å². The third-order valence-corrected chi connectivity index (χ3v) is 7.30. The number of ether oxygens (including phenoxy) is 2. The lowest BCUT2D eigenvalue weighted by atomic mass is 9.73. The second kappa shape index (κ2) is 14.5. The summed E-state index contributed by atoms with van der Waals surface area (Å²) in [5.74, 6) is -2.54. The second-order valence-corrected chi connectivity index (χ2v) is 10.4. The highest BCUT2D eigenvalue weighted by atomic mass is 19.4. The number of piperidine rings is 1. The van der Waals surface area contributed by atoms with Crippen molar-refractivity contribution in [3.05, 3.63) is 82.9 Å². The number of esters is 1. The molecule has 0 spiro atoms. The summed E-state index contributed by atoms with van der Waals surface area (Å²) in [7, 11) is 1.34. The number of carbonyl (C=O) groups is 2. The van der Waals surface area contributed by atoms with E-state index in [4.69, 9.17) is 19.9 Å². The van der Waals surface area contributed by atoms with Crippen molar-refractivity contribution in [2.24, 2.45) is 5.41 Å². The average Bonchev–Trinajstić information content (AvgIpc) is 3.31. The van der Waals surface area contributed by atoms with Gasteiger partial charge in [-0.1, -0.05) is 24.3 Å². The van der Waals surface area contributed by atoms with Crippen LogP contribution in [0.25, 0.3) is 0 Å². The van der Waals surface area contributed by atoms with Crippen LogP contribution >= 0.6 is 0 Å². The minimum atomic E-state index is -5.08. The summed E-state index contributed by atoms with van der Waals surface area (Å²) in [6, 6.07) is 15.3. The first-order chi connectivity index (χ1) is 21.0. The maximum Gasteiger partial charge on any atom is 0.573 e. The number of imidazole rings is 1. The molecule has 15 heteroatoms. The molecular formula is C30H30F6N4O5. The third kappa shape index (κ3) is 9.97. The van der Waals surface area contributed by atoms with E-state index in [-0.39, 0.29) is 18.1 Å². The molecule has 0 amide bonds. The van der Waals surface area contributed by atoms with E-state index in [1.807, 2.05) is 25.3 Å². The maximum absolute atomic E-state index is 12.9. The summed E-state index contributed by atoms with van der Waals surface area (Å²) in [6.45, 7) is 4.46. The number of rotatable bonds is 8. The van der Waals surface area contributed by atoms with E-state index in [0.717, 1.165) is 17.1 Å². The van der Waals surface area contributed by atoms with Crippen LogP contribution in [0.4, 0.5) is 26.3 Å². The van der Waals surface area contributed by atoms with Gasteiger partial charge in [-0.25, -0.2) is 9.78 Å². The smallest absolute Gasteiger partial charge is 0.475 e. The fourth-order valence-corrected chi connectivity index (χ4v) is 5.01. The van der Waals surface area contributed by atoms with Gasteiger partial charge >= 0.3 is 24.5 Å².